The second-order valence-corrected chi connectivity index (χ2v) is 6.23. The lowest BCUT2D eigenvalue weighted by Gasteiger charge is -2.38. The van der Waals surface area contributed by atoms with E-state index < -0.39 is 6.04 Å². The summed E-state index contributed by atoms with van der Waals surface area (Å²) < 4.78 is 0. The van der Waals surface area contributed by atoms with Crippen molar-refractivity contribution < 1.29 is 14.7 Å². The average Bonchev–Trinajstić information content (AvgIpc) is 2.32. The molecular weight excluding hydrogens is 256 g/mol. The number of phenolic OH excluding ortho intramolecular Hbond substituents is 1. The molecule has 0 radical (unpaired) electrons. The number of carbonyl (C=O) groups excluding carboxylic acids is 2. The first kappa shape index (κ1) is 14.4. The summed E-state index contributed by atoms with van der Waals surface area (Å²) in [6.07, 6.45) is 0. The van der Waals surface area contributed by atoms with Gasteiger partial charge in [0.2, 0.25) is 11.8 Å². The predicted molar refractivity (Wildman–Crippen MR) is 74.9 cm³/mol. The molecule has 1 unspecified atom stereocenters. The van der Waals surface area contributed by atoms with Crippen LogP contribution in [0, 0.1) is 5.41 Å². The van der Waals surface area contributed by atoms with Crippen LogP contribution < -0.4 is 5.32 Å². The number of phenols is 1. The summed E-state index contributed by atoms with van der Waals surface area (Å²) in [5, 5.41) is 12.2. The third-order valence-electron chi connectivity index (χ3n) is 3.35. The van der Waals surface area contributed by atoms with Crippen molar-refractivity contribution in [2.24, 2.45) is 5.41 Å². The van der Waals surface area contributed by atoms with Crippen LogP contribution in [0.1, 0.15) is 26.3 Å². The number of amides is 2. The Balaban J connectivity index is 2.18. The van der Waals surface area contributed by atoms with Crippen molar-refractivity contribution in [1.82, 2.24) is 10.2 Å². The zero-order chi connectivity index (χ0) is 14.9. The smallest absolute Gasteiger partial charge is 0.246 e. The van der Waals surface area contributed by atoms with Crippen LogP contribution in [0.15, 0.2) is 24.3 Å². The van der Waals surface area contributed by atoms with E-state index in [-0.39, 0.29) is 29.5 Å². The van der Waals surface area contributed by atoms with Gasteiger partial charge in [-0.05, 0) is 23.1 Å². The molecule has 20 heavy (non-hydrogen) atoms. The summed E-state index contributed by atoms with van der Waals surface area (Å²) in [6, 6.07) is 6.21. The van der Waals surface area contributed by atoms with Gasteiger partial charge in [-0.2, -0.15) is 0 Å². The fourth-order valence-electron chi connectivity index (χ4n) is 2.30. The van der Waals surface area contributed by atoms with Crippen LogP contribution in [0.5, 0.6) is 5.75 Å². The van der Waals surface area contributed by atoms with Gasteiger partial charge in [-0.15, -0.1) is 0 Å². The Morgan fingerprint density at radius 2 is 2.05 bits per heavy atom. The van der Waals surface area contributed by atoms with Gasteiger partial charge in [-0.25, -0.2) is 0 Å². The Bertz CT molecular complexity index is 534. The van der Waals surface area contributed by atoms with Gasteiger partial charge in [0.15, 0.2) is 0 Å². The summed E-state index contributed by atoms with van der Waals surface area (Å²) in [5.74, 6) is -0.0751. The van der Waals surface area contributed by atoms with E-state index in [1.54, 1.807) is 18.2 Å². The number of hydrogen-bond donors (Lipinski definition) is 2. The molecule has 1 aromatic carbocycles. The van der Waals surface area contributed by atoms with Gasteiger partial charge in [0.05, 0.1) is 6.54 Å². The Hall–Kier alpha value is -2.04. The average molecular weight is 276 g/mol. The lowest BCUT2D eigenvalue weighted by atomic mass is 9.84. The van der Waals surface area contributed by atoms with E-state index in [9.17, 15) is 14.7 Å². The van der Waals surface area contributed by atoms with Crippen molar-refractivity contribution in [3.8, 4) is 5.75 Å². The number of benzene rings is 1. The maximum Gasteiger partial charge on any atom is 0.246 e. The van der Waals surface area contributed by atoms with Crippen LogP contribution >= 0.6 is 0 Å². The standard InChI is InChI=1S/C15H20N2O3/c1-15(2,3)13-14(20)17(9-12(19)16-13)8-10-5-4-6-11(18)7-10/h4-7,13,18H,8-9H2,1-3H3,(H,16,19). The first-order chi connectivity index (χ1) is 9.27. The number of piperazine rings is 1. The second kappa shape index (κ2) is 5.15. The first-order valence-corrected chi connectivity index (χ1v) is 6.63. The third-order valence-corrected chi connectivity index (χ3v) is 3.35. The Kier molecular flexibility index (Phi) is 3.70. The van der Waals surface area contributed by atoms with Crippen molar-refractivity contribution in [3.63, 3.8) is 0 Å². The minimum atomic E-state index is -0.513. The van der Waals surface area contributed by atoms with Crippen LogP contribution in [0.3, 0.4) is 0 Å². The number of hydrogen-bond acceptors (Lipinski definition) is 3. The van der Waals surface area contributed by atoms with Gasteiger partial charge >= 0.3 is 0 Å². The topological polar surface area (TPSA) is 69.6 Å². The SMILES string of the molecule is CC(C)(C)C1NC(=O)CN(Cc2cccc(O)c2)C1=O. The Morgan fingerprint density at radius 1 is 1.35 bits per heavy atom. The van der Waals surface area contributed by atoms with Gasteiger partial charge in [0.25, 0.3) is 0 Å². The molecular formula is C15H20N2O3. The van der Waals surface area contributed by atoms with Gasteiger partial charge in [-0.3, -0.25) is 9.59 Å². The summed E-state index contributed by atoms with van der Waals surface area (Å²) in [7, 11) is 0. The van der Waals surface area contributed by atoms with Gasteiger partial charge in [0.1, 0.15) is 11.8 Å². The maximum absolute atomic E-state index is 12.5. The van der Waals surface area contributed by atoms with Crippen LogP contribution in [0.4, 0.5) is 0 Å². The highest BCUT2D eigenvalue weighted by molar-refractivity contribution is 5.95. The molecule has 2 N–H and O–H groups in total. The van der Waals surface area contributed by atoms with E-state index in [4.69, 9.17) is 0 Å². The molecule has 2 amide bonds. The molecule has 1 atom stereocenters. The molecule has 2 rings (SSSR count). The molecule has 108 valence electrons. The maximum atomic E-state index is 12.5. The minimum Gasteiger partial charge on any atom is -0.508 e. The highest BCUT2D eigenvalue weighted by Crippen LogP contribution is 2.24. The molecule has 1 aliphatic rings. The minimum absolute atomic E-state index is 0.0566. The first-order valence-electron chi connectivity index (χ1n) is 6.63. The highest BCUT2D eigenvalue weighted by Gasteiger charge is 2.39. The van der Waals surface area contributed by atoms with Crippen LogP contribution in [-0.2, 0) is 16.1 Å². The van der Waals surface area contributed by atoms with E-state index in [1.165, 1.54) is 4.90 Å². The van der Waals surface area contributed by atoms with Crippen LogP contribution in [-0.4, -0.2) is 34.4 Å². The number of nitrogens with zero attached hydrogens (tertiary/aromatic N) is 1. The third kappa shape index (κ3) is 3.10. The van der Waals surface area contributed by atoms with E-state index in [0.29, 0.717) is 6.54 Å². The molecule has 0 spiro atoms. The number of rotatable bonds is 2. The summed E-state index contributed by atoms with van der Waals surface area (Å²) in [5.41, 5.74) is 0.477. The van der Waals surface area contributed by atoms with Crippen LogP contribution in [0.25, 0.3) is 0 Å². The zero-order valence-corrected chi connectivity index (χ0v) is 12.0. The summed E-state index contributed by atoms with van der Waals surface area (Å²) in [4.78, 5) is 25.8. The van der Waals surface area contributed by atoms with E-state index in [0.717, 1.165) is 5.56 Å². The van der Waals surface area contributed by atoms with Gasteiger partial charge in [0, 0.05) is 6.54 Å². The molecule has 0 aromatic heterocycles. The molecule has 0 bridgehead atoms. The highest BCUT2D eigenvalue weighted by atomic mass is 16.3. The Morgan fingerprint density at radius 3 is 2.65 bits per heavy atom. The van der Waals surface area contributed by atoms with Crippen molar-refractivity contribution in [2.45, 2.75) is 33.4 Å². The summed E-state index contributed by atoms with van der Waals surface area (Å²) >= 11 is 0. The predicted octanol–water partition coefficient (Wildman–Crippen LogP) is 1.27. The molecule has 0 saturated carbocycles. The lowest BCUT2D eigenvalue weighted by molar-refractivity contribution is -0.147. The molecule has 1 aliphatic heterocycles. The zero-order valence-electron chi connectivity index (χ0n) is 12.0. The van der Waals surface area contributed by atoms with E-state index >= 15 is 0 Å². The molecule has 5 heteroatoms. The van der Waals surface area contributed by atoms with Gasteiger partial charge in [-0.1, -0.05) is 32.9 Å². The number of aromatic hydroxyl groups is 1. The lowest BCUT2D eigenvalue weighted by Crippen LogP contribution is -2.61. The normalized spacial score (nSPS) is 19.9. The monoisotopic (exact) mass is 276 g/mol. The van der Waals surface area contributed by atoms with E-state index in [1.807, 2.05) is 26.8 Å². The molecule has 5 nitrogen and oxygen atoms in total. The molecule has 1 heterocycles. The number of carbonyl (C=O) groups is 2. The van der Waals surface area contributed by atoms with Gasteiger partial charge < -0.3 is 15.3 Å². The fraction of sp³-hybridized carbons (Fsp3) is 0.467. The quantitative estimate of drug-likeness (QED) is 0.854. The van der Waals surface area contributed by atoms with Crippen LogP contribution in [0.2, 0.25) is 0 Å². The van der Waals surface area contributed by atoms with E-state index in [2.05, 4.69) is 5.32 Å². The van der Waals surface area contributed by atoms with Crippen molar-refractivity contribution >= 4 is 11.8 Å². The molecule has 1 saturated heterocycles. The number of nitrogens with one attached hydrogen (secondary N) is 1. The second-order valence-electron chi connectivity index (χ2n) is 6.23. The van der Waals surface area contributed by atoms with Crippen molar-refractivity contribution in [3.05, 3.63) is 29.8 Å². The fourth-order valence-corrected chi connectivity index (χ4v) is 2.30. The molecule has 0 aliphatic carbocycles. The molecule has 1 aromatic rings. The largest absolute Gasteiger partial charge is 0.508 e. The molecule has 1 fully saturated rings. The Labute approximate surface area is 118 Å². The van der Waals surface area contributed by atoms with Crippen molar-refractivity contribution in [1.29, 1.82) is 0 Å². The summed E-state index contributed by atoms with van der Waals surface area (Å²) in [6.45, 7) is 6.16. The van der Waals surface area contributed by atoms with Crippen molar-refractivity contribution in [2.75, 3.05) is 6.54 Å².